The molecule has 0 spiro atoms. The Morgan fingerprint density at radius 1 is 1.32 bits per heavy atom. The van der Waals surface area contributed by atoms with Gasteiger partial charge in [0, 0.05) is 18.2 Å². The van der Waals surface area contributed by atoms with E-state index in [1.165, 1.54) is 4.57 Å². The van der Waals surface area contributed by atoms with Crippen LogP contribution in [0.3, 0.4) is 0 Å². The molecule has 2 aliphatic rings. The van der Waals surface area contributed by atoms with E-state index in [1.54, 1.807) is 0 Å². The van der Waals surface area contributed by atoms with Gasteiger partial charge in [0.2, 0.25) is 0 Å². The lowest BCUT2D eigenvalue weighted by atomic mass is 9.77. The molecule has 9 nitrogen and oxygen atoms in total. The highest BCUT2D eigenvalue weighted by Gasteiger charge is 2.39. The van der Waals surface area contributed by atoms with Gasteiger partial charge in [-0.05, 0) is 44.6 Å². The Morgan fingerprint density at radius 3 is 2.75 bits per heavy atom. The molecule has 3 aromatic rings. The third-order valence-electron chi connectivity index (χ3n) is 5.76. The van der Waals surface area contributed by atoms with Crippen molar-refractivity contribution in [2.24, 2.45) is 5.73 Å². The van der Waals surface area contributed by atoms with Crippen LogP contribution in [0.15, 0.2) is 20.2 Å². The summed E-state index contributed by atoms with van der Waals surface area (Å²) in [6, 6.07) is 1.84. The number of rotatable bonds is 5. The molecule has 9 heteroatoms. The molecule has 0 atom stereocenters. The first kappa shape index (κ1) is 17.3. The van der Waals surface area contributed by atoms with E-state index < -0.39 is 16.8 Å². The molecule has 2 fully saturated rings. The second-order valence-corrected chi connectivity index (χ2v) is 7.91. The van der Waals surface area contributed by atoms with Crippen LogP contribution in [0.2, 0.25) is 0 Å². The first-order chi connectivity index (χ1) is 13.5. The average Bonchev–Trinajstić information content (AvgIpc) is 3.38. The first-order valence-corrected chi connectivity index (χ1v) is 9.81. The van der Waals surface area contributed by atoms with Crippen LogP contribution >= 0.6 is 0 Å². The number of aromatic amines is 1. The molecule has 0 aliphatic heterocycles. The Labute approximate surface area is 160 Å². The number of pyridine rings is 1. The van der Waals surface area contributed by atoms with Crippen molar-refractivity contribution in [1.29, 1.82) is 0 Å². The zero-order chi connectivity index (χ0) is 19.5. The number of hydrogen-bond acceptors (Lipinski definition) is 7. The first-order valence-electron chi connectivity index (χ1n) is 9.81. The standard InChI is InChI=1S/C19H22N6O3/c1-2-8-25-14-13(15(26)22-18(25)27)11(9-12(21-14)10-4-5-10)16-23-17(24-28-16)19(20)6-3-7-19/h9-10H,2-8,20H2,1H3,(H,22,26,27). The molecule has 3 heterocycles. The molecule has 0 amide bonds. The Hall–Kier alpha value is -2.81. The van der Waals surface area contributed by atoms with E-state index in [-0.39, 0.29) is 5.89 Å². The van der Waals surface area contributed by atoms with E-state index in [4.69, 9.17) is 10.3 Å². The monoisotopic (exact) mass is 382 g/mol. The maximum atomic E-state index is 12.7. The summed E-state index contributed by atoms with van der Waals surface area (Å²) in [5.74, 6) is 1.04. The van der Waals surface area contributed by atoms with Gasteiger partial charge in [-0.1, -0.05) is 12.1 Å². The third kappa shape index (κ3) is 2.61. The highest BCUT2D eigenvalue weighted by Crippen LogP contribution is 2.42. The lowest BCUT2D eigenvalue weighted by molar-refractivity contribution is 0.229. The van der Waals surface area contributed by atoms with Gasteiger partial charge in [0.05, 0.1) is 16.5 Å². The second kappa shape index (κ2) is 6.10. The molecule has 3 aromatic heterocycles. The summed E-state index contributed by atoms with van der Waals surface area (Å²) >= 11 is 0. The zero-order valence-electron chi connectivity index (χ0n) is 15.7. The topological polar surface area (TPSA) is 133 Å². The molecule has 0 aromatic carbocycles. The van der Waals surface area contributed by atoms with Crippen molar-refractivity contribution >= 4 is 11.0 Å². The van der Waals surface area contributed by atoms with Gasteiger partial charge >= 0.3 is 5.69 Å². The maximum Gasteiger partial charge on any atom is 0.329 e. The molecule has 3 N–H and O–H groups in total. The molecule has 5 rings (SSSR count). The Balaban J connectivity index is 1.77. The van der Waals surface area contributed by atoms with Crippen LogP contribution in [-0.2, 0) is 12.1 Å². The molecule has 0 bridgehead atoms. The van der Waals surface area contributed by atoms with Crippen LogP contribution in [-0.4, -0.2) is 24.7 Å². The minimum absolute atomic E-state index is 0.244. The third-order valence-corrected chi connectivity index (χ3v) is 5.76. The quantitative estimate of drug-likeness (QED) is 0.687. The summed E-state index contributed by atoms with van der Waals surface area (Å²) < 4.78 is 7.03. The maximum absolute atomic E-state index is 12.7. The van der Waals surface area contributed by atoms with Crippen molar-refractivity contribution in [3.05, 3.63) is 38.4 Å². The van der Waals surface area contributed by atoms with E-state index in [0.717, 1.165) is 44.2 Å². The zero-order valence-corrected chi connectivity index (χ0v) is 15.7. The summed E-state index contributed by atoms with van der Waals surface area (Å²) in [4.78, 5) is 36.7. The number of aromatic nitrogens is 5. The fraction of sp³-hybridized carbons (Fsp3) is 0.526. The molecule has 2 aliphatic carbocycles. The van der Waals surface area contributed by atoms with Crippen LogP contribution in [0.25, 0.3) is 22.5 Å². The summed E-state index contributed by atoms with van der Waals surface area (Å²) in [6.45, 7) is 2.44. The molecular weight excluding hydrogens is 360 g/mol. The van der Waals surface area contributed by atoms with Gasteiger partial charge in [-0.15, -0.1) is 0 Å². The van der Waals surface area contributed by atoms with E-state index in [9.17, 15) is 9.59 Å². The summed E-state index contributed by atoms with van der Waals surface area (Å²) in [5, 5.41) is 4.38. The predicted molar refractivity (Wildman–Crippen MR) is 102 cm³/mol. The molecule has 146 valence electrons. The normalized spacial score (nSPS) is 18.4. The molecule has 2 saturated carbocycles. The average molecular weight is 382 g/mol. The highest BCUT2D eigenvalue weighted by molar-refractivity contribution is 5.90. The number of H-pyrrole nitrogens is 1. The van der Waals surface area contributed by atoms with Crippen molar-refractivity contribution in [3.8, 4) is 11.5 Å². The predicted octanol–water partition coefficient (Wildman–Crippen LogP) is 1.76. The van der Waals surface area contributed by atoms with E-state index in [2.05, 4.69) is 20.1 Å². The van der Waals surface area contributed by atoms with Crippen LogP contribution in [0.4, 0.5) is 0 Å². The SMILES string of the molecule is CCCn1c(=O)[nH]c(=O)c2c(-c3nc(C4(N)CCC4)no3)cc(C3CC3)nc21. The molecule has 0 saturated heterocycles. The van der Waals surface area contributed by atoms with Crippen LogP contribution < -0.4 is 17.0 Å². The molecule has 0 unspecified atom stereocenters. The Morgan fingerprint density at radius 2 is 2.11 bits per heavy atom. The van der Waals surface area contributed by atoms with Gasteiger partial charge in [-0.2, -0.15) is 4.98 Å². The lowest BCUT2D eigenvalue weighted by Crippen LogP contribution is -2.44. The van der Waals surface area contributed by atoms with Crippen LogP contribution in [0.5, 0.6) is 0 Å². The lowest BCUT2D eigenvalue weighted by Gasteiger charge is -2.34. The van der Waals surface area contributed by atoms with Crippen molar-refractivity contribution < 1.29 is 4.52 Å². The van der Waals surface area contributed by atoms with Crippen LogP contribution in [0.1, 0.15) is 62.9 Å². The molecule has 28 heavy (non-hydrogen) atoms. The number of nitrogens with zero attached hydrogens (tertiary/aromatic N) is 4. The molecular formula is C19H22N6O3. The Kier molecular flexibility index (Phi) is 3.77. The van der Waals surface area contributed by atoms with E-state index in [0.29, 0.717) is 34.9 Å². The minimum atomic E-state index is -0.555. The number of nitrogens with two attached hydrogens (primary N) is 1. The van der Waals surface area contributed by atoms with Crippen molar-refractivity contribution in [1.82, 2.24) is 24.7 Å². The van der Waals surface area contributed by atoms with Crippen molar-refractivity contribution in [3.63, 3.8) is 0 Å². The highest BCUT2D eigenvalue weighted by atomic mass is 16.5. The fourth-order valence-corrected chi connectivity index (χ4v) is 3.80. The fourth-order valence-electron chi connectivity index (χ4n) is 3.80. The number of aryl methyl sites for hydroxylation is 1. The van der Waals surface area contributed by atoms with Gasteiger partial charge in [-0.3, -0.25) is 14.3 Å². The van der Waals surface area contributed by atoms with E-state index >= 15 is 0 Å². The van der Waals surface area contributed by atoms with Gasteiger partial charge in [0.1, 0.15) is 0 Å². The smallest absolute Gasteiger partial charge is 0.329 e. The number of hydrogen-bond donors (Lipinski definition) is 2. The largest absolute Gasteiger partial charge is 0.334 e. The van der Waals surface area contributed by atoms with Crippen molar-refractivity contribution in [2.45, 2.75) is 63.5 Å². The van der Waals surface area contributed by atoms with Gasteiger partial charge in [-0.25, -0.2) is 9.78 Å². The number of nitrogens with one attached hydrogen (secondary N) is 1. The second-order valence-electron chi connectivity index (χ2n) is 7.91. The van der Waals surface area contributed by atoms with Crippen molar-refractivity contribution in [2.75, 3.05) is 0 Å². The minimum Gasteiger partial charge on any atom is -0.334 e. The van der Waals surface area contributed by atoms with Gasteiger partial charge < -0.3 is 10.3 Å². The van der Waals surface area contributed by atoms with Gasteiger partial charge in [0.25, 0.3) is 11.4 Å². The summed E-state index contributed by atoms with van der Waals surface area (Å²) in [5.41, 5.74) is 6.55. The van der Waals surface area contributed by atoms with E-state index in [1.807, 2.05) is 13.0 Å². The van der Waals surface area contributed by atoms with Crippen LogP contribution in [0, 0.1) is 0 Å². The summed E-state index contributed by atoms with van der Waals surface area (Å²) in [6.07, 6.45) is 5.49. The number of fused-ring (bicyclic) bond motifs is 1. The molecule has 0 radical (unpaired) electrons. The Bertz CT molecular complexity index is 1180. The van der Waals surface area contributed by atoms with Gasteiger partial charge in [0.15, 0.2) is 11.5 Å². The summed E-state index contributed by atoms with van der Waals surface area (Å²) in [7, 11) is 0.